The van der Waals surface area contributed by atoms with Crippen molar-refractivity contribution in [3.63, 3.8) is 0 Å². The lowest BCUT2D eigenvalue weighted by Gasteiger charge is -2.23. The van der Waals surface area contributed by atoms with Gasteiger partial charge in [-0.1, -0.05) is 52.3 Å². The third-order valence-corrected chi connectivity index (χ3v) is 4.07. The largest absolute Gasteiger partial charge is 0.374 e. The summed E-state index contributed by atoms with van der Waals surface area (Å²) in [5, 5.41) is 0. The van der Waals surface area contributed by atoms with E-state index in [-0.39, 0.29) is 6.04 Å². The molecule has 0 fully saturated rings. The molecule has 21 heavy (non-hydrogen) atoms. The molecule has 2 N–H and O–H groups in total. The molecule has 0 saturated carbocycles. The first-order valence-electron chi connectivity index (χ1n) is 7.35. The van der Waals surface area contributed by atoms with Gasteiger partial charge in [0.25, 0.3) is 0 Å². The fourth-order valence-corrected chi connectivity index (χ4v) is 2.82. The standard InChI is InChI=1S/C18H23BrN2/c1-14(20)12-16-8-9-17(19)13-18(16)21(2)11-10-15-6-4-3-5-7-15/h3-9,13-14H,10-12,20H2,1-2H3. The summed E-state index contributed by atoms with van der Waals surface area (Å²) in [6.07, 6.45) is 1.94. The second kappa shape index (κ2) is 7.62. The second-order valence-corrected chi connectivity index (χ2v) is 6.53. The van der Waals surface area contributed by atoms with Gasteiger partial charge in [-0.15, -0.1) is 0 Å². The Balaban J connectivity index is 2.10. The van der Waals surface area contributed by atoms with Crippen LogP contribution in [0.3, 0.4) is 0 Å². The van der Waals surface area contributed by atoms with Crippen molar-refractivity contribution in [2.75, 3.05) is 18.5 Å². The molecule has 0 aromatic heterocycles. The zero-order valence-corrected chi connectivity index (χ0v) is 14.3. The molecule has 2 rings (SSSR count). The van der Waals surface area contributed by atoms with Gasteiger partial charge in [0, 0.05) is 29.8 Å². The van der Waals surface area contributed by atoms with Gasteiger partial charge < -0.3 is 10.6 Å². The predicted octanol–water partition coefficient (Wildman–Crippen LogP) is 4.02. The summed E-state index contributed by atoms with van der Waals surface area (Å²) in [6, 6.07) is 17.2. The van der Waals surface area contributed by atoms with E-state index in [2.05, 4.69) is 83.3 Å². The summed E-state index contributed by atoms with van der Waals surface area (Å²) in [5.41, 5.74) is 9.91. The van der Waals surface area contributed by atoms with Crippen LogP contribution in [0.5, 0.6) is 0 Å². The maximum absolute atomic E-state index is 5.97. The van der Waals surface area contributed by atoms with Gasteiger partial charge in [-0.05, 0) is 43.0 Å². The van der Waals surface area contributed by atoms with Crippen LogP contribution in [0, 0.1) is 0 Å². The van der Waals surface area contributed by atoms with Crippen LogP contribution in [0.1, 0.15) is 18.1 Å². The zero-order valence-electron chi connectivity index (χ0n) is 12.7. The van der Waals surface area contributed by atoms with Crippen molar-refractivity contribution >= 4 is 21.6 Å². The third kappa shape index (κ3) is 4.87. The molecular weight excluding hydrogens is 324 g/mol. The lowest BCUT2D eigenvalue weighted by atomic mass is 10.0. The van der Waals surface area contributed by atoms with Crippen LogP contribution >= 0.6 is 15.9 Å². The molecule has 0 aliphatic heterocycles. The number of anilines is 1. The van der Waals surface area contributed by atoms with Crippen molar-refractivity contribution in [3.05, 3.63) is 64.1 Å². The average molecular weight is 347 g/mol. The number of nitrogens with zero attached hydrogens (tertiary/aromatic N) is 1. The van der Waals surface area contributed by atoms with Crippen molar-refractivity contribution in [1.82, 2.24) is 0 Å². The SMILES string of the molecule is CC(N)Cc1ccc(Br)cc1N(C)CCc1ccccc1. The monoisotopic (exact) mass is 346 g/mol. The molecule has 1 atom stereocenters. The van der Waals surface area contributed by atoms with Gasteiger partial charge in [-0.3, -0.25) is 0 Å². The Morgan fingerprint density at radius 2 is 1.86 bits per heavy atom. The van der Waals surface area contributed by atoms with E-state index in [1.165, 1.54) is 16.8 Å². The highest BCUT2D eigenvalue weighted by atomic mass is 79.9. The quantitative estimate of drug-likeness (QED) is 0.855. The van der Waals surface area contributed by atoms with E-state index in [9.17, 15) is 0 Å². The third-order valence-electron chi connectivity index (χ3n) is 3.58. The molecular formula is C18H23BrN2. The van der Waals surface area contributed by atoms with Crippen LogP contribution in [0.15, 0.2) is 53.0 Å². The van der Waals surface area contributed by atoms with Gasteiger partial charge >= 0.3 is 0 Å². The molecule has 0 aliphatic carbocycles. The van der Waals surface area contributed by atoms with E-state index >= 15 is 0 Å². The smallest absolute Gasteiger partial charge is 0.0408 e. The minimum atomic E-state index is 0.174. The molecule has 0 heterocycles. The summed E-state index contributed by atoms with van der Waals surface area (Å²) in [6.45, 7) is 3.04. The van der Waals surface area contributed by atoms with Crippen LogP contribution in [0.2, 0.25) is 0 Å². The number of likely N-dealkylation sites (N-methyl/N-ethyl adjacent to an activating group) is 1. The zero-order chi connectivity index (χ0) is 15.2. The first-order valence-corrected chi connectivity index (χ1v) is 8.14. The number of nitrogens with two attached hydrogens (primary N) is 1. The van der Waals surface area contributed by atoms with E-state index in [0.717, 1.165) is 23.9 Å². The summed E-state index contributed by atoms with van der Waals surface area (Å²) in [7, 11) is 2.15. The Morgan fingerprint density at radius 3 is 2.52 bits per heavy atom. The van der Waals surface area contributed by atoms with Crippen LogP contribution in [-0.2, 0) is 12.8 Å². The topological polar surface area (TPSA) is 29.3 Å². The predicted molar refractivity (Wildman–Crippen MR) is 94.9 cm³/mol. The molecule has 2 aromatic rings. The number of rotatable bonds is 6. The van der Waals surface area contributed by atoms with Crippen LogP contribution in [0.25, 0.3) is 0 Å². The summed E-state index contributed by atoms with van der Waals surface area (Å²) < 4.78 is 1.11. The van der Waals surface area contributed by atoms with Gasteiger partial charge in [-0.2, -0.15) is 0 Å². The number of halogens is 1. The highest BCUT2D eigenvalue weighted by Gasteiger charge is 2.10. The maximum atomic E-state index is 5.97. The highest BCUT2D eigenvalue weighted by Crippen LogP contribution is 2.25. The minimum absolute atomic E-state index is 0.174. The first kappa shape index (κ1) is 16.1. The number of hydrogen-bond acceptors (Lipinski definition) is 2. The molecule has 3 heteroatoms. The number of hydrogen-bond donors (Lipinski definition) is 1. The van der Waals surface area contributed by atoms with E-state index in [1.54, 1.807) is 0 Å². The minimum Gasteiger partial charge on any atom is -0.374 e. The first-order chi connectivity index (χ1) is 10.1. The summed E-state index contributed by atoms with van der Waals surface area (Å²) in [5.74, 6) is 0. The molecule has 0 saturated heterocycles. The van der Waals surface area contributed by atoms with Gasteiger partial charge in [0.2, 0.25) is 0 Å². The molecule has 0 aliphatic rings. The lowest BCUT2D eigenvalue weighted by molar-refractivity contribution is 0.733. The van der Waals surface area contributed by atoms with Crippen LogP contribution < -0.4 is 10.6 Å². The normalized spacial score (nSPS) is 12.2. The van der Waals surface area contributed by atoms with E-state index < -0.39 is 0 Å². The molecule has 0 amide bonds. The van der Waals surface area contributed by atoms with Crippen molar-refractivity contribution in [2.45, 2.75) is 25.8 Å². The molecule has 1 unspecified atom stereocenters. The molecule has 112 valence electrons. The van der Waals surface area contributed by atoms with Crippen molar-refractivity contribution in [3.8, 4) is 0 Å². The Labute approximate surface area is 136 Å². The van der Waals surface area contributed by atoms with Crippen LogP contribution in [0.4, 0.5) is 5.69 Å². The van der Waals surface area contributed by atoms with Crippen molar-refractivity contribution in [2.24, 2.45) is 5.73 Å². The Hall–Kier alpha value is -1.32. The Bertz CT molecular complexity index is 567. The summed E-state index contributed by atoms with van der Waals surface area (Å²) >= 11 is 3.57. The van der Waals surface area contributed by atoms with Gasteiger partial charge in [0.05, 0.1) is 0 Å². The number of benzene rings is 2. The lowest BCUT2D eigenvalue weighted by Crippen LogP contribution is -2.24. The fourth-order valence-electron chi connectivity index (χ4n) is 2.47. The Kier molecular flexibility index (Phi) is 5.83. The van der Waals surface area contributed by atoms with Gasteiger partial charge in [0.15, 0.2) is 0 Å². The van der Waals surface area contributed by atoms with E-state index in [1.807, 2.05) is 0 Å². The molecule has 0 bridgehead atoms. The Morgan fingerprint density at radius 1 is 1.14 bits per heavy atom. The molecule has 2 nitrogen and oxygen atoms in total. The molecule has 0 spiro atoms. The fraction of sp³-hybridized carbons (Fsp3) is 0.333. The van der Waals surface area contributed by atoms with Crippen molar-refractivity contribution in [1.29, 1.82) is 0 Å². The van der Waals surface area contributed by atoms with Gasteiger partial charge in [0.1, 0.15) is 0 Å². The summed E-state index contributed by atoms with van der Waals surface area (Å²) in [4.78, 5) is 2.31. The average Bonchev–Trinajstić information content (AvgIpc) is 2.47. The van der Waals surface area contributed by atoms with Gasteiger partial charge in [-0.25, -0.2) is 0 Å². The van der Waals surface area contributed by atoms with E-state index in [4.69, 9.17) is 5.73 Å². The van der Waals surface area contributed by atoms with Crippen molar-refractivity contribution < 1.29 is 0 Å². The maximum Gasteiger partial charge on any atom is 0.0408 e. The van der Waals surface area contributed by atoms with E-state index in [0.29, 0.717) is 0 Å². The van der Waals surface area contributed by atoms with Crippen LogP contribution in [-0.4, -0.2) is 19.6 Å². The highest BCUT2D eigenvalue weighted by molar-refractivity contribution is 9.10. The second-order valence-electron chi connectivity index (χ2n) is 5.61. The molecule has 0 radical (unpaired) electrons. The molecule has 2 aromatic carbocycles.